The Morgan fingerprint density at radius 3 is 2.20 bits per heavy atom. The van der Waals surface area contributed by atoms with Crippen LogP contribution in [0.5, 0.6) is 0 Å². The third-order valence-electron chi connectivity index (χ3n) is 2.75. The number of ether oxygens (including phenoxy) is 1. The van der Waals surface area contributed by atoms with E-state index in [1.54, 1.807) is 0 Å². The van der Waals surface area contributed by atoms with Gasteiger partial charge in [-0.1, -0.05) is 20.8 Å². The van der Waals surface area contributed by atoms with E-state index in [9.17, 15) is 4.79 Å². The van der Waals surface area contributed by atoms with E-state index in [1.807, 2.05) is 13.8 Å². The molecule has 90 valence electrons. The molecule has 0 aromatic carbocycles. The lowest BCUT2D eigenvalue weighted by atomic mass is 9.91. The van der Waals surface area contributed by atoms with Crippen molar-refractivity contribution in [1.29, 1.82) is 0 Å². The Kier molecular flexibility index (Phi) is 5.29. The highest BCUT2D eigenvalue weighted by atomic mass is 16.5. The summed E-state index contributed by atoms with van der Waals surface area (Å²) < 4.78 is 5.77. The maximum absolute atomic E-state index is 10.4. The fraction of sp³-hybridized carbons (Fsp3) is 0.917. The summed E-state index contributed by atoms with van der Waals surface area (Å²) in [5.74, 6) is -0.763. The van der Waals surface area contributed by atoms with Gasteiger partial charge in [-0.3, -0.25) is 4.79 Å². The monoisotopic (exact) mass is 216 g/mol. The standard InChI is InChI=1S/C12H24O3/c1-6-11(2,3)9-15-12(4,5)8-7-10(13)14/h6-9H2,1-5H3,(H,13,14). The molecule has 0 rings (SSSR count). The quantitative estimate of drug-likeness (QED) is 0.711. The SMILES string of the molecule is CCC(C)(C)COC(C)(C)CCC(=O)O. The Labute approximate surface area is 92.8 Å². The predicted octanol–water partition coefficient (Wildman–Crippen LogP) is 3.08. The smallest absolute Gasteiger partial charge is 0.303 e. The fourth-order valence-electron chi connectivity index (χ4n) is 0.973. The van der Waals surface area contributed by atoms with E-state index in [0.717, 1.165) is 6.42 Å². The van der Waals surface area contributed by atoms with Crippen LogP contribution in [0, 0.1) is 5.41 Å². The van der Waals surface area contributed by atoms with E-state index in [4.69, 9.17) is 9.84 Å². The van der Waals surface area contributed by atoms with Crippen molar-refractivity contribution in [2.75, 3.05) is 6.61 Å². The molecule has 0 aliphatic rings. The van der Waals surface area contributed by atoms with Gasteiger partial charge < -0.3 is 9.84 Å². The fourth-order valence-corrected chi connectivity index (χ4v) is 0.973. The molecule has 0 amide bonds. The zero-order valence-corrected chi connectivity index (χ0v) is 10.6. The van der Waals surface area contributed by atoms with Crippen molar-refractivity contribution in [3.63, 3.8) is 0 Å². The summed E-state index contributed by atoms with van der Waals surface area (Å²) in [7, 11) is 0. The molecule has 0 heterocycles. The molecular weight excluding hydrogens is 192 g/mol. The van der Waals surface area contributed by atoms with Gasteiger partial charge in [0.1, 0.15) is 0 Å². The summed E-state index contributed by atoms with van der Waals surface area (Å²) in [6.07, 6.45) is 1.78. The molecule has 0 saturated heterocycles. The number of hydrogen-bond acceptors (Lipinski definition) is 2. The van der Waals surface area contributed by atoms with Crippen LogP contribution in [0.3, 0.4) is 0 Å². The summed E-state index contributed by atoms with van der Waals surface area (Å²) in [4.78, 5) is 10.4. The highest BCUT2D eigenvalue weighted by Crippen LogP contribution is 2.25. The van der Waals surface area contributed by atoms with Crippen LogP contribution >= 0.6 is 0 Å². The van der Waals surface area contributed by atoms with Gasteiger partial charge in [0.2, 0.25) is 0 Å². The Bertz CT molecular complexity index is 207. The first-order valence-corrected chi connectivity index (χ1v) is 5.54. The molecular formula is C12H24O3. The van der Waals surface area contributed by atoms with Crippen LogP contribution in [0.2, 0.25) is 0 Å². The van der Waals surface area contributed by atoms with Gasteiger partial charge in [-0.25, -0.2) is 0 Å². The van der Waals surface area contributed by atoms with Crippen molar-refractivity contribution in [2.45, 2.75) is 59.5 Å². The van der Waals surface area contributed by atoms with E-state index in [2.05, 4.69) is 20.8 Å². The van der Waals surface area contributed by atoms with Gasteiger partial charge in [0.05, 0.1) is 12.2 Å². The van der Waals surface area contributed by atoms with Gasteiger partial charge in [-0.05, 0) is 32.1 Å². The highest BCUT2D eigenvalue weighted by Gasteiger charge is 2.24. The summed E-state index contributed by atoms with van der Waals surface area (Å²) in [6, 6.07) is 0. The lowest BCUT2D eigenvalue weighted by molar-refractivity contribution is -0.139. The van der Waals surface area contributed by atoms with E-state index in [0.29, 0.717) is 13.0 Å². The van der Waals surface area contributed by atoms with Crippen LogP contribution in [-0.2, 0) is 9.53 Å². The van der Waals surface area contributed by atoms with Crippen molar-refractivity contribution < 1.29 is 14.6 Å². The lowest BCUT2D eigenvalue weighted by Gasteiger charge is -2.31. The molecule has 0 unspecified atom stereocenters. The van der Waals surface area contributed by atoms with Gasteiger partial charge in [0.15, 0.2) is 0 Å². The number of rotatable bonds is 7. The Balaban J connectivity index is 3.98. The van der Waals surface area contributed by atoms with Gasteiger partial charge in [-0.15, -0.1) is 0 Å². The van der Waals surface area contributed by atoms with Gasteiger partial charge in [0.25, 0.3) is 0 Å². The maximum atomic E-state index is 10.4. The Morgan fingerprint density at radius 2 is 1.80 bits per heavy atom. The third-order valence-corrected chi connectivity index (χ3v) is 2.75. The maximum Gasteiger partial charge on any atom is 0.303 e. The molecule has 0 saturated carbocycles. The highest BCUT2D eigenvalue weighted by molar-refractivity contribution is 5.66. The number of aliphatic carboxylic acids is 1. The second-order valence-corrected chi connectivity index (χ2v) is 5.46. The molecule has 0 aliphatic heterocycles. The summed E-state index contributed by atoms with van der Waals surface area (Å²) >= 11 is 0. The molecule has 3 heteroatoms. The number of carboxylic acids is 1. The third kappa shape index (κ3) is 7.37. The first kappa shape index (κ1) is 14.4. The van der Waals surface area contributed by atoms with Crippen LogP contribution in [0.1, 0.15) is 53.9 Å². The predicted molar refractivity (Wildman–Crippen MR) is 61.0 cm³/mol. The second kappa shape index (κ2) is 5.50. The molecule has 0 aliphatic carbocycles. The van der Waals surface area contributed by atoms with Crippen LogP contribution in [0.25, 0.3) is 0 Å². The molecule has 15 heavy (non-hydrogen) atoms. The Hall–Kier alpha value is -0.570. The van der Waals surface area contributed by atoms with Gasteiger partial charge in [0, 0.05) is 6.42 Å². The topological polar surface area (TPSA) is 46.5 Å². The van der Waals surface area contributed by atoms with Crippen molar-refractivity contribution in [2.24, 2.45) is 5.41 Å². The summed E-state index contributed by atoms with van der Waals surface area (Å²) in [5.41, 5.74) is -0.175. The molecule has 0 atom stereocenters. The van der Waals surface area contributed by atoms with E-state index in [1.165, 1.54) is 0 Å². The van der Waals surface area contributed by atoms with Crippen molar-refractivity contribution in [3.05, 3.63) is 0 Å². The lowest BCUT2D eigenvalue weighted by Crippen LogP contribution is -2.31. The summed E-state index contributed by atoms with van der Waals surface area (Å²) in [5, 5.41) is 8.60. The minimum absolute atomic E-state index is 0.166. The van der Waals surface area contributed by atoms with E-state index in [-0.39, 0.29) is 17.4 Å². The Morgan fingerprint density at radius 1 is 1.27 bits per heavy atom. The molecule has 0 radical (unpaired) electrons. The van der Waals surface area contributed by atoms with Crippen molar-refractivity contribution >= 4 is 5.97 Å². The van der Waals surface area contributed by atoms with Crippen molar-refractivity contribution in [1.82, 2.24) is 0 Å². The largest absolute Gasteiger partial charge is 0.481 e. The molecule has 0 spiro atoms. The number of carbonyl (C=O) groups is 1. The zero-order chi connectivity index (χ0) is 12.1. The first-order valence-electron chi connectivity index (χ1n) is 5.54. The van der Waals surface area contributed by atoms with Crippen LogP contribution in [0.15, 0.2) is 0 Å². The number of hydrogen-bond donors (Lipinski definition) is 1. The summed E-state index contributed by atoms with van der Waals surface area (Å²) in [6.45, 7) is 11.0. The zero-order valence-electron chi connectivity index (χ0n) is 10.6. The van der Waals surface area contributed by atoms with Gasteiger partial charge in [-0.2, -0.15) is 0 Å². The van der Waals surface area contributed by atoms with Crippen molar-refractivity contribution in [3.8, 4) is 0 Å². The molecule has 0 aromatic rings. The average molecular weight is 216 g/mol. The minimum Gasteiger partial charge on any atom is -0.481 e. The first-order chi connectivity index (χ1) is 6.68. The van der Waals surface area contributed by atoms with E-state index >= 15 is 0 Å². The van der Waals surface area contributed by atoms with E-state index < -0.39 is 5.97 Å². The second-order valence-electron chi connectivity index (χ2n) is 5.46. The molecule has 0 fully saturated rings. The van der Waals surface area contributed by atoms with Gasteiger partial charge >= 0.3 is 5.97 Å². The number of carboxylic acid groups (broad SMARTS) is 1. The molecule has 1 N–H and O–H groups in total. The molecule has 0 bridgehead atoms. The average Bonchev–Trinajstić information content (AvgIpc) is 2.13. The van der Waals surface area contributed by atoms with Crippen LogP contribution in [0.4, 0.5) is 0 Å². The molecule has 0 aromatic heterocycles. The normalized spacial score (nSPS) is 12.9. The minimum atomic E-state index is -0.763. The van der Waals surface area contributed by atoms with Crippen LogP contribution < -0.4 is 0 Å². The van der Waals surface area contributed by atoms with Crippen LogP contribution in [-0.4, -0.2) is 23.3 Å². The molecule has 3 nitrogen and oxygen atoms in total.